The molecule has 11 heteroatoms. The Hall–Kier alpha value is -4.09. The van der Waals surface area contributed by atoms with Gasteiger partial charge < -0.3 is 9.30 Å². The second-order valence-electron chi connectivity index (χ2n) is 10.0. The number of aryl methyl sites for hydroxylation is 3. The average molecular weight is 604 g/mol. The van der Waals surface area contributed by atoms with Crippen LogP contribution in [0, 0.1) is 13.8 Å². The number of rotatable bonds is 10. The van der Waals surface area contributed by atoms with Crippen molar-refractivity contribution in [3.8, 4) is 21.7 Å². The number of carbonyl (C=O) groups is 1. The molecule has 1 amide bonds. The van der Waals surface area contributed by atoms with Crippen molar-refractivity contribution >= 4 is 38.6 Å². The fourth-order valence-corrected chi connectivity index (χ4v) is 7.30. The summed E-state index contributed by atoms with van der Waals surface area (Å²) < 4.78 is 36.0. The Balaban J connectivity index is 1.49. The number of unbranched alkanes of at least 4 members (excludes halogenated alkanes) is 1. The van der Waals surface area contributed by atoms with E-state index in [1.807, 2.05) is 63.2 Å². The van der Waals surface area contributed by atoms with E-state index in [1.165, 1.54) is 0 Å². The monoisotopic (exact) mass is 603 g/mol. The molecule has 0 unspecified atom stereocenters. The van der Waals surface area contributed by atoms with Crippen molar-refractivity contribution < 1.29 is 17.9 Å². The zero-order valence-electron chi connectivity index (χ0n) is 24.0. The number of hydrogen-bond acceptors (Lipinski definition) is 8. The van der Waals surface area contributed by atoms with E-state index < -0.39 is 16.1 Å². The molecule has 4 heterocycles. The van der Waals surface area contributed by atoms with Crippen LogP contribution in [0.15, 0.2) is 65.0 Å². The quantitative estimate of drug-likeness (QED) is 0.177. The normalized spacial score (nSPS) is 11.6. The number of hydrogen-bond donors (Lipinski definition) is 1. The first kappa shape index (κ1) is 29.4. The third-order valence-corrected chi connectivity index (χ3v) is 9.84. The summed E-state index contributed by atoms with van der Waals surface area (Å²) in [6.45, 7) is 8.71. The number of benzene rings is 1. The molecule has 1 N–H and O–H groups in total. The van der Waals surface area contributed by atoms with Gasteiger partial charge in [-0.05, 0) is 55.2 Å². The predicted octanol–water partition coefficient (Wildman–Crippen LogP) is 6.66. The lowest BCUT2D eigenvalue weighted by molar-refractivity contribution is 0.151. The first-order valence-corrected chi connectivity index (χ1v) is 16.2. The highest BCUT2D eigenvalue weighted by atomic mass is 32.2. The highest BCUT2D eigenvalue weighted by molar-refractivity contribution is 7.92. The highest BCUT2D eigenvalue weighted by Gasteiger charge is 2.27. The van der Waals surface area contributed by atoms with Gasteiger partial charge in [-0.1, -0.05) is 56.7 Å². The lowest BCUT2D eigenvalue weighted by atomic mass is 10.1. The second kappa shape index (κ2) is 12.4. The maximum absolute atomic E-state index is 13.4. The van der Waals surface area contributed by atoms with E-state index in [0.29, 0.717) is 24.2 Å². The Morgan fingerprint density at radius 1 is 1.05 bits per heavy atom. The number of aromatic nitrogens is 4. The molecule has 42 heavy (non-hydrogen) atoms. The minimum atomic E-state index is -4.22. The Morgan fingerprint density at radius 2 is 1.83 bits per heavy atom. The third-order valence-electron chi connectivity index (χ3n) is 6.81. The maximum atomic E-state index is 13.4. The van der Waals surface area contributed by atoms with Crippen molar-refractivity contribution in [2.24, 2.45) is 0 Å². The number of ether oxygens (including phenoxy) is 1. The van der Waals surface area contributed by atoms with Crippen LogP contribution in [0.1, 0.15) is 49.3 Å². The van der Waals surface area contributed by atoms with Gasteiger partial charge in [0.15, 0.2) is 5.65 Å². The van der Waals surface area contributed by atoms with Crippen LogP contribution in [0.4, 0.5) is 4.79 Å². The van der Waals surface area contributed by atoms with Crippen LogP contribution in [0.5, 0.6) is 0 Å². The van der Waals surface area contributed by atoms with Crippen LogP contribution >= 0.6 is 11.3 Å². The van der Waals surface area contributed by atoms with E-state index in [0.717, 1.165) is 68.4 Å². The smallest absolute Gasteiger partial charge is 0.421 e. The summed E-state index contributed by atoms with van der Waals surface area (Å²) in [6, 6.07) is 17.1. The summed E-state index contributed by atoms with van der Waals surface area (Å²) in [7, 11) is -4.22. The van der Waals surface area contributed by atoms with Crippen LogP contribution in [0.3, 0.4) is 0 Å². The summed E-state index contributed by atoms with van der Waals surface area (Å²) in [6.07, 6.45) is 2.98. The molecule has 0 aliphatic rings. The predicted molar refractivity (Wildman–Crippen MR) is 165 cm³/mol. The van der Waals surface area contributed by atoms with Crippen LogP contribution < -0.4 is 4.72 Å². The molecule has 0 bridgehead atoms. The van der Waals surface area contributed by atoms with E-state index in [1.54, 1.807) is 18.3 Å². The van der Waals surface area contributed by atoms with Crippen LogP contribution in [0.2, 0.25) is 0 Å². The Kier molecular flexibility index (Phi) is 8.69. The zero-order chi connectivity index (χ0) is 29.9. The number of sulfonamides is 1. The summed E-state index contributed by atoms with van der Waals surface area (Å²) in [5, 5.41) is 0. The van der Waals surface area contributed by atoms with E-state index in [2.05, 4.69) is 21.2 Å². The van der Waals surface area contributed by atoms with Crippen molar-refractivity contribution in [1.29, 1.82) is 0 Å². The minimum absolute atomic E-state index is 0.00179. The molecule has 0 saturated heterocycles. The number of pyridine rings is 2. The first-order chi connectivity index (χ1) is 20.2. The molecular weight excluding hydrogens is 571 g/mol. The number of nitrogens with zero attached hydrogens (tertiary/aromatic N) is 4. The fraction of sp³-hybridized carbons (Fsp3) is 0.290. The van der Waals surface area contributed by atoms with E-state index in [9.17, 15) is 13.2 Å². The number of amides is 1. The number of fused-ring (bicyclic) bond motifs is 1. The van der Waals surface area contributed by atoms with Crippen LogP contribution in [-0.2, 0) is 27.7 Å². The van der Waals surface area contributed by atoms with Gasteiger partial charge in [-0.3, -0.25) is 4.98 Å². The summed E-state index contributed by atoms with van der Waals surface area (Å²) in [5.74, 6) is 0.936. The molecule has 0 saturated carbocycles. The molecule has 9 nitrogen and oxygen atoms in total. The van der Waals surface area contributed by atoms with Gasteiger partial charge in [-0.15, -0.1) is 11.3 Å². The van der Waals surface area contributed by atoms with Gasteiger partial charge in [0, 0.05) is 28.8 Å². The van der Waals surface area contributed by atoms with Crippen molar-refractivity contribution in [3.63, 3.8) is 0 Å². The standard InChI is InChI=1S/C31H33N5O4S2/c1-5-7-15-40-31(37)35-42(38,39)30-24(17-26(41-30)23-11-9-8-10-12-23)25-14-13-22(18-32-25)19-36-27(6-2)34-28-20(3)16-21(4)33-29(28)36/h8-14,16-18H,5-7,15,19H2,1-4H3,(H,35,37). The molecule has 1 aromatic carbocycles. The van der Waals surface area contributed by atoms with Gasteiger partial charge >= 0.3 is 6.09 Å². The number of nitrogens with one attached hydrogen (secondary N) is 1. The SMILES string of the molecule is CCCCOC(=O)NS(=O)(=O)c1sc(-c2ccccc2)cc1-c1ccc(Cn2c(CC)nc3c(C)cc(C)nc32)cn1. The van der Waals surface area contributed by atoms with Crippen molar-refractivity contribution in [2.75, 3.05) is 6.61 Å². The van der Waals surface area contributed by atoms with Gasteiger partial charge in [-0.25, -0.2) is 27.9 Å². The topological polar surface area (TPSA) is 116 Å². The number of imidazole rings is 1. The van der Waals surface area contributed by atoms with Gasteiger partial charge in [0.25, 0.3) is 10.0 Å². The van der Waals surface area contributed by atoms with Crippen LogP contribution in [-0.4, -0.2) is 40.6 Å². The van der Waals surface area contributed by atoms with Crippen molar-refractivity contribution in [1.82, 2.24) is 24.2 Å². The fourth-order valence-electron chi connectivity index (χ4n) is 4.74. The Morgan fingerprint density at radius 3 is 2.52 bits per heavy atom. The molecule has 0 spiro atoms. The molecule has 4 aromatic heterocycles. The van der Waals surface area contributed by atoms with E-state index in [-0.39, 0.29) is 10.8 Å². The summed E-state index contributed by atoms with van der Waals surface area (Å²) in [5.41, 5.74) is 6.43. The molecule has 0 radical (unpaired) electrons. The molecular formula is C31H33N5O4S2. The molecule has 218 valence electrons. The molecule has 5 rings (SSSR count). The first-order valence-electron chi connectivity index (χ1n) is 13.9. The number of thiophene rings is 1. The summed E-state index contributed by atoms with van der Waals surface area (Å²) in [4.78, 5) is 27.3. The lowest BCUT2D eigenvalue weighted by Gasteiger charge is -2.10. The van der Waals surface area contributed by atoms with E-state index >= 15 is 0 Å². The second-order valence-corrected chi connectivity index (χ2v) is 13.0. The third kappa shape index (κ3) is 6.22. The molecule has 0 aliphatic heterocycles. The Bertz CT molecular complexity index is 1830. The molecule has 0 atom stereocenters. The van der Waals surface area contributed by atoms with Gasteiger partial charge in [-0.2, -0.15) is 0 Å². The van der Waals surface area contributed by atoms with Crippen molar-refractivity contribution in [2.45, 2.75) is 57.7 Å². The maximum Gasteiger partial charge on any atom is 0.421 e. The summed E-state index contributed by atoms with van der Waals surface area (Å²) >= 11 is 1.08. The zero-order valence-corrected chi connectivity index (χ0v) is 25.7. The molecule has 0 aliphatic carbocycles. The molecule has 0 fully saturated rings. The van der Waals surface area contributed by atoms with Gasteiger partial charge in [0.05, 0.1) is 18.8 Å². The highest BCUT2D eigenvalue weighted by Crippen LogP contribution is 2.39. The number of carbonyl (C=O) groups excluding carboxylic acids is 1. The van der Waals surface area contributed by atoms with Crippen LogP contribution in [0.25, 0.3) is 32.9 Å². The largest absolute Gasteiger partial charge is 0.449 e. The average Bonchev–Trinajstić information content (AvgIpc) is 3.57. The Labute approximate surface area is 249 Å². The minimum Gasteiger partial charge on any atom is -0.449 e. The van der Waals surface area contributed by atoms with Crippen molar-refractivity contribution in [3.05, 3.63) is 83.4 Å². The van der Waals surface area contributed by atoms with E-state index in [4.69, 9.17) is 14.7 Å². The lowest BCUT2D eigenvalue weighted by Crippen LogP contribution is -2.31. The van der Waals surface area contributed by atoms with Gasteiger partial charge in [0.1, 0.15) is 15.6 Å². The molecule has 5 aromatic rings. The van der Waals surface area contributed by atoms with Gasteiger partial charge in [0.2, 0.25) is 0 Å².